The molecule has 1 amide bonds. The number of thiophene rings is 1. The van der Waals surface area contributed by atoms with Crippen molar-refractivity contribution >= 4 is 33.3 Å². The van der Waals surface area contributed by atoms with E-state index < -0.39 is 21.7 Å². The Labute approximate surface area is 147 Å². The first-order chi connectivity index (χ1) is 11.8. The van der Waals surface area contributed by atoms with Gasteiger partial charge >= 0.3 is 0 Å². The van der Waals surface area contributed by atoms with Gasteiger partial charge in [-0.15, -0.1) is 11.3 Å². The molecule has 0 saturated heterocycles. The first-order valence-electron chi connectivity index (χ1n) is 7.00. The van der Waals surface area contributed by atoms with Crippen LogP contribution >= 0.6 is 11.3 Å². The van der Waals surface area contributed by atoms with Crippen LogP contribution in [-0.4, -0.2) is 33.2 Å². The summed E-state index contributed by atoms with van der Waals surface area (Å²) >= 11 is 1.13. The van der Waals surface area contributed by atoms with E-state index in [0.29, 0.717) is 5.56 Å². The maximum atomic E-state index is 12.7. The molecule has 25 heavy (non-hydrogen) atoms. The number of nitrogens with zero attached hydrogens (tertiary/aromatic N) is 3. The molecule has 0 aromatic carbocycles. The predicted molar refractivity (Wildman–Crippen MR) is 93.3 cm³/mol. The number of aliphatic hydroxyl groups is 1. The average Bonchev–Trinajstić information content (AvgIpc) is 3.26. The van der Waals surface area contributed by atoms with Gasteiger partial charge in [-0.2, -0.15) is 13.5 Å². The number of carbonyl (C=O) groups excluding carboxylic acids is 1. The molecule has 3 aromatic heterocycles. The molecule has 3 aromatic rings. The smallest absolute Gasteiger partial charge is 0.283 e. The highest BCUT2D eigenvalue weighted by Gasteiger charge is 2.20. The Morgan fingerprint density at radius 2 is 2.08 bits per heavy atom. The van der Waals surface area contributed by atoms with Gasteiger partial charge in [0.15, 0.2) is 5.76 Å². The highest BCUT2D eigenvalue weighted by molar-refractivity contribution is 7.92. The van der Waals surface area contributed by atoms with E-state index >= 15 is 0 Å². The van der Waals surface area contributed by atoms with Crippen LogP contribution < -0.4 is 5.73 Å². The van der Waals surface area contributed by atoms with E-state index in [1.165, 1.54) is 24.5 Å². The third-order valence-corrected chi connectivity index (χ3v) is 6.59. The van der Waals surface area contributed by atoms with E-state index in [1.54, 1.807) is 30.2 Å². The molecule has 0 saturated carbocycles. The second-order valence-corrected chi connectivity index (χ2v) is 8.35. The second-order valence-electron chi connectivity index (χ2n) is 5.19. The fraction of sp³-hybridized carbons (Fsp3) is 0.0667. The summed E-state index contributed by atoms with van der Waals surface area (Å²) in [6.07, 6.45) is 7.18. The maximum absolute atomic E-state index is 12.7. The van der Waals surface area contributed by atoms with Crippen molar-refractivity contribution in [2.75, 3.05) is 0 Å². The Balaban J connectivity index is 1.93. The van der Waals surface area contributed by atoms with Crippen LogP contribution in [0.2, 0.25) is 0 Å². The molecular formula is C15H14N4O4S2. The van der Waals surface area contributed by atoms with Gasteiger partial charge in [0.1, 0.15) is 4.21 Å². The lowest BCUT2D eigenvalue weighted by molar-refractivity contribution is -0.116. The lowest BCUT2D eigenvalue weighted by Crippen LogP contribution is -2.13. The van der Waals surface area contributed by atoms with Gasteiger partial charge in [-0.05, 0) is 29.8 Å². The summed E-state index contributed by atoms with van der Waals surface area (Å²) in [6, 6.07) is 4.70. The van der Waals surface area contributed by atoms with Gasteiger partial charge in [0, 0.05) is 36.1 Å². The van der Waals surface area contributed by atoms with Crippen LogP contribution in [-0.2, 0) is 21.9 Å². The number of aromatic nitrogens is 3. The molecule has 0 bridgehead atoms. The van der Waals surface area contributed by atoms with Gasteiger partial charge in [-0.25, -0.2) is 3.97 Å². The minimum Gasteiger partial charge on any atom is -0.503 e. The van der Waals surface area contributed by atoms with E-state index in [0.717, 1.165) is 31.8 Å². The number of aryl methyl sites for hydroxylation is 1. The summed E-state index contributed by atoms with van der Waals surface area (Å²) in [6.45, 7) is 0. The van der Waals surface area contributed by atoms with E-state index in [9.17, 15) is 18.3 Å². The molecule has 3 N–H and O–H groups in total. The van der Waals surface area contributed by atoms with Crippen molar-refractivity contribution in [2.24, 2.45) is 12.8 Å². The number of primary amides is 1. The first-order valence-corrected chi connectivity index (χ1v) is 9.26. The number of rotatable bonds is 5. The maximum Gasteiger partial charge on any atom is 0.283 e. The van der Waals surface area contributed by atoms with Gasteiger partial charge in [0.2, 0.25) is 0 Å². The number of carbonyl (C=O) groups is 1. The molecule has 0 aliphatic heterocycles. The normalized spacial score (nSPS) is 12.4. The third-order valence-electron chi connectivity index (χ3n) is 3.35. The monoisotopic (exact) mass is 378 g/mol. The molecule has 3 rings (SSSR count). The van der Waals surface area contributed by atoms with E-state index in [-0.39, 0.29) is 4.21 Å². The Morgan fingerprint density at radius 1 is 1.32 bits per heavy atom. The number of amides is 1. The average molecular weight is 378 g/mol. The quantitative estimate of drug-likeness (QED) is 0.516. The Morgan fingerprint density at radius 3 is 2.72 bits per heavy atom. The van der Waals surface area contributed by atoms with Crippen LogP contribution in [0.25, 0.3) is 16.5 Å². The summed E-state index contributed by atoms with van der Waals surface area (Å²) in [4.78, 5) is 11.6. The van der Waals surface area contributed by atoms with Crippen LogP contribution in [0.15, 0.2) is 53.0 Å². The van der Waals surface area contributed by atoms with Crippen molar-refractivity contribution in [1.29, 1.82) is 0 Å². The number of hydrogen-bond acceptors (Lipinski definition) is 6. The topological polar surface area (TPSA) is 120 Å². The van der Waals surface area contributed by atoms with E-state index in [2.05, 4.69) is 5.10 Å². The van der Waals surface area contributed by atoms with Gasteiger partial charge in [0.25, 0.3) is 15.9 Å². The fourth-order valence-corrected chi connectivity index (χ4v) is 4.71. The molecule has 0 atom stereocenters. The number of hydrogen-bond donors (Lipinski definition) is 2. The summed E-state index contributed by atoms with van der Waals surface area (Å²) in [5, 5.41) is 13.4. The molecule has 0 spiro atoms. The molecule has 8 nitrogen and oxygen atoms in total. The Hall–Kier alpha value is -2.85. The summed E-state index contributed by atoms with van der Waals surface area (Å²) in [7, 11) is -1.99. The highest BCUT2D eigenvalue weighted by Crippen LogP contribution is 2.31. The molecule has 0 aliphatic rings. The van der Waals surface area contributed by atoms with Crippen molar-refractivity contribution in [3.05, 3.63) is 54.3 Å². The van der Waals surface area contributed by atoms with Gasteiger partial charge < -0.3 is 10.8 Å². The Kier molecular flexibility index (Phi) is 4.23. The fourth-order valence-electron chi connectivity index (χ4n) is 2.12. The lowest BCUT2D eigenvalue weighted by atomic mass is 10.3. The summed E-state index contributed by atoms with van der Waals surface area (Å²) in [5.74, 6) is -1.64. The number of aliphatic hydroxyl groups excluding tert-OH is 1. The van der Waals surface area contributed by atoms with Crippen LogP contribution in [0.5, 0.6) is 0 Å². The number of nitrogens with two attached hydrogens (primary N) is 1. The standard InChI is InChI=1S/C15H14N4O4S2/c1-18-9-11(7-17-18)13-2-3-14(24-13)25(22,23)19-5-4-10(8-19)6-12(20)15(16)21/h2-9,20H,1H3,(H2,16,21)/b12-6+. The van der Waals surface area contributed by atoms with Gasteiger partial charge in [-0.1, -0.05) is 0 Å². The molecule has 3 heterocycles. The molecule has 0 radical (unpaired) electrons. The molecule has 0 unspecified atom stereocenters. The van der Waals surface area contributed by atoms with Crippen molar-refractivity contribution in [3.63, 3.8) is 0 Å². The molecule has 130 valence electrons. The zero-order valence-corrected chi connectivity index (χ0v) is 14.7. The van der Waals surface area contributed by atoms with E-state index in [1.807, 2.05) is 0 Å². The molecule has 10 heteroatoms. The second kappa shape index (κ2) is 6.22. The van der Waals surface area contributed by atoms with Gasteiger partial charge in [-0.3, -0.25) is 9.48 Å². The molecule has 0 aliphatic carbocycles. The SMILES string of the molecule is Cn1cc(-c2ccc(S(=O)(=O)n3ccc(/C=C(/O)C(N)=O)c3)s2)cn1. The molecular weight excluding hydrogens is 364 g/mol. The predicted octanol–water partition coefficient (Wildman–Crippen LogP) is 1.57. The summed E-state index contributed by atoms with van der Waals surface area (Å²) < 4.78 is 28.2. The first kappa shape index (κ1) is 17.0. The van der Waals surface area contributed by atoms with Crippen molar-refractivity contribution in [1.82, 2.24) is 13.8 Å². The minimum atomic E-state index is -3.77. The highest BCUT2D eigenvalue weighted by atomic mass is 32.2. The molecule has 0 fully saturated rings. The third kappa shape index (κ3) is 3.35. The Bertz CT molecular complexity index is 1070. The van der Waals surface area contributed by atoms with Gasteiger partial charge in [0.05, 0.1) is 6.20 Å². The van der Waals surface area contributed by atoms with Crippen LogP contribution in [0.1, 0.15) is 5.56 Å². The van der Waals surface area contributed by atoms with Crippen molar-refractivity contribution in [3.8, 4) is 10.4 Å². The largest absolute Gasteiger partial charge is 0.503 e. The van der Waals surface area contributed by atoms with E-state index in [4.69, 9.17) is 5.73 Å². The van der Waals surface area contributed by atoms with Crippen molar-refractivity contribution < 1.29 is 18.3 Å². The zero-order chi connectivity index (χ0) is 18.2. The van der Waals surface area contributed by atoms with Crippen LogP contribution in [0.4, 0.5) is 0 Å². The van der Waals surface area contributed by atoms with Crippen molar-refractivity contribution in [2.45, 2.75) is 4.21 Å². The lowest BCUT2D eigenvalue weighted by Gasteiger charge is -2.02. The zero-order valence-electron chi connectivity index (χ0n) is 13.0. The minimum absolute atomic E-state index is 0.164. The van der Waals surface area contributed by atoms with Crippen LogP contribution in [0.3, 0.4) is 0 Å². The summed E-state index contributed by atoms with van der Waals surface area (Å²) in [5.41, 5.74) is 6.11. The van der Waals surface area contributed by atoms with Crippen LogP contribution in [0, 0.1) is 0 Å².